The Bertz CT molecular complexity index is 807. The molecule has 1 aliphatic heterocycles. The summed E-state index contributed by atoms with van der Waals surface area (Å²) in [7, 11) is -0.494. The van der Waals surface area contributed by atoms with Crippen LogP contribution in [0.2, 0.25) is 0 Å². The topological polar surface area (TPSA) is 63.4 Å². The van der Waals surface area contributed by atoms with Crippen LogP contribution in [0, 0.1) is 0 Å². The van der Waals surface area contributed by atoms with Crippen molar-refractivity contribution in [3.8, 4) is 0 Å². The summed E-state index contributed by atoms with van der Waals surface area (Å²) in [6.45, 7) is 9.99. The fourth-order valence-electron chi connectivity index (χ4n) is 2.86. The molecular formula is C19H25BN2O3. The third kappa shape index (κ3) is 3.50. The molecule has 0 unspecified atom stereocenters. The molecule has 2 N–H and O–H groups in total. The summed E-state index contributed by atoms with van der Waals surface area (Å²) in [5.74, 6) is -0.0812. The first-order valence-electron chi connectivity index (χ1n) is 8.56. The van der Waals surface area contributed by atoms with E-state index in [2.05, 4.69) is 16.4 Å². The van der Waals surface area contributed by atoms with Gasteiger partial charge in [0.1, 0.15) is 0 Å². The summed E-state index contributed by atoms with van der Waals surface area (Å²) in [6.07, 6.45) is 3.97. The molecule has 1 amide bonds. The second-order valence-corrected chi connectivity index (χ2v) is 7.50. The SMILES string of the molecule is CC(=O)NCC(=Cc1cccc2[nH]ccc12)B1OC(C)(C)C(C)(C)O1. The van der Waals surface area contributed by atoms with Gasteiger partial charge in [0.15, 0.2) is 0 Å². The lowest BCUT2D eigenvalue weighted by atomic mass is 9.76. The van der Waals surface area contributed by atoms with Gasteiger partial charge < -0.3 is 19.6 Å². The van der Waals surface area contributed by atoms with Crippen molar-refractivity contribution in [1.29, 1.82) is 0 Å². The Morgan fingerprint density at radius 1 is 1.20 bits per heavy atom. The highest BCUT2D eigenvalue weighted by atomic mass is 16.7. The van der Waals surface area contributed by atoms with Gasteiger partial charge in [-0.2, -0.15) is 0 Å². The smallest absolute Gasteiger partial charge is 0.400 e. The molecule has 2 heterocycles. The maximum absolute atomic E-state index is 11.4. The highest BCUT2D eigenvalue weighted by Gasteiger charge is 2.52. The zero-order valence-corrected chi connectivity index (χ0v) is 15.5. The second kappa shape index (κ2) is 6.35. The molecule has 1 aromatic heterocycles. The number of rotatable bonds is 4. The van der Waals surface area contributed by atoms with E-state index in [0.717, 1.165) is 21.9 Å². The summed E-state index contributed by atoms with van der Waals surface area (Å²) in [5, 5.41) is 3.99. The van der Waals surface area contributed by atoms with Crippen LogP contribution >= 0.6 is 0 Å². The summed E-state index contributed by atoms with van der Waals surface area (Å²) < 4.78 is 12.3. The third-order valence-corrected chi connectivity index (χ3v) is 5.07. The minimum Gasteiger partial charge on any atom is -0.400 e. The van der Waals surface area contributed by atoms with Gasteiger partial charge in [0.05, 0.1) is 11.2 Å². The first-order chi connectivity index (χ1) is 11.7. The Morgan fingerprint density at radius 2 is 1.88 bits per heavy atom. The molecule has 1 aliphatic rings. The van der Waals surface area contributed by atoms with Crippen molar-refractivity contribution in [3.05, 3.63) is 41.5 Å². The maximum atomic E-state index is 11.4. The van der Waals surface area contributed by atoms with Crippen molar-refractivity contribution in [2.24, 2.45) is 0 Å². The van der Waals surface area contributed by atoms with E-state index in [1.54, 1.807) is 0 Å². The molecule has 0 saturated carbocycles. The van der Waals surface area contributed by atoms with Gasteiger partial charge in [-0.1, -0.05) is 18.2 Å². The molecule has 6 heteroatoms. The van der Waals surface area contributed by atoms with Crippen molar-refractivity contribution in [2.75, 3.05) is 6.54 Å². The van der Waals surface area contributed by atoms with E-state index in [0.29, 0.717) is 6.54 Å². The zero-order chi connectivity index (χ0) is 18.2. The van der Waals surface area contributed by atoms with Crippen LogP contribution in [0.4, 0.5) is 0 Å². The number of aromatic nitrogens is 1. The lowest BCUT2D eigenvalue weighted by Gasteiger charge is -2.32. The van der Waals surface area contributed by atoms with Crippen LogP contribution < -0.4 is 5.32 Å². The van der Waals surface area contributed by atoms with Crippen LogP contribution in [0.3, 0.4) is 0 Å². The molecule has 0 radical (unpaired) electrons. The number of carbonyl (C=O) groups is 1. The Balaban J connectivity index is 1.98. The van der Waals surface area contributed by atoms with E-state index < -0.39 is 18.3 Å². The lowest BCUT2D eigenvalue weighted by molar-refractivity contribution is -0.118. The molecule has 3 rings (SSSR count). The van der Waals surface area contributed by atoms with E-state index in [4.69, 9.17) is 9.31 Å². The number of nitrogens with one attached hydrogen (secondary N) is 2. The van der Waals surface area contributed by atoms with Crippen molar-refractivity contribution >= 4 is 30.0 Å². The number of carbonyl (C=O) groups excluding carboxylic acids is 1. The van der Waals surface area contributed by atoms with E-state index in [-0.39, 0.29) is 5.91 Å². The minimum absolute atomic E-state index is 0.0812. The molecule has 25 heavy (non-hydrogen) atoms. The van der Waals surface area contributed by atoms with Crippen LogP contribution in [-0.4, -0.2) is 35.8 Å². The van der Waals surface area contributed by atoms with Crippen molar-refractivity contribution in [1.82, 2.24) is 10.3 Å². The van der Waals surface area contributed by atoms with Gasteiger partial charge in [-0.05, 0) is 50.9 Å². The molecular weight excluding hydrogens is 315 g/mol. The minimum atomic E-state index is -0.494. The monoisotopic (exact) mass is 340 g/mol. The van der Waals surface area contributed by atoms with Gasteiger partial charge in [0.2, 0.25) is 5.91 Å². The number of hydrogen-bond donors (Lipinski definition) is 2. The van der Waals surface area contributed by atoms with Crippen LogP contribution in [0.5, 0.6) is 0 Å². The first-order valence-corrected chi connectivity index (χ1v) is 8.56. The molecule has 0 atom stereocenters. The number of aromatic amines is 1. The molecule has 132 valence electrons. The largest absolute Gasteiger partial charge is 0.492 e. The highest BCUT2D eigenvalue weighted by molar-refractivity contribution is 6.56. The Labute approximate surface area is 148 Å². The van der Waals surface area contributed by atoms with Crippen molar-refractivity contribution < 1.29 is 14.1 Å². The van der Waals surface area contributed by atoms with Crippen molar-refractivity contribution in [3.63, 3.8) is 0 Å². The molecule has 5 nitrogen and oxygen atoms in total. The van der Waals surface area contributed by atoms with E-state index in [9.17, 15) is 4.79 Å². The Hall–Kier alpha value is -2.05. The predicted octanol–water partition coefficient (Wildman–Crippen LogP) is 3.32. The molecule has 1 aromatic carbocycles. The Kier molecular flexibility index (Phi) is 4.52. The van der Waals surface area contributed by atoms with Gasteiger partial charge in [-0.25, -0.2) is 0 Å². The van der Waals surface area contributed by atoms with Gasteiger partial charge >= 0.3 is 7.12 Å². The van der Waals surface area contributed by atoms with E-state index in [1.807, 2.05) is 58.2 Å². The normalized spacial score (nSPS) is 19.4. The molecule has 0 spiro atoms. The van der Waals surface area contributed by atoms with Gasteiger partial charge in [-0.3, -0.25) is 4.79 Å². The molecule has 1 saturated heterocycles. The number of H-pyrrole nitrogens is 1. The summed E-state index contributed by atoms with van der Waals surface area (Å²) in [6, 6.07) is 8.14. The second-order valence-electron chi connectivity index (χ2n) is 7.50. The Morgan fingerprint density at radius 3 is 2.52 bits per heavy atom. The predicted molar refractivity (Wildman–Crippen MR) is 101 cm³/mol. The fraction of sp³-hybridized carbons (Fsp3) is 0.421. The molecule has 0 bridgehead atoms. The van der Waals surface area contributed by atoms with Crippen LogP contribution in [-0.2, 0) is 14.1 Å². The van der Waals surface area contributed by atoms with Gasteiger partial charge in [0, 0.05) is 30.6 Å². The fourth-order valence-corrected chi connectivity index (χ4v) is 2.86. The van der Waals surface area contributed by atoms with E-state index >= 15 is 0 Å². The number of fused-ring (bicyclic) bond motifs is 1. The summed E-state index contributed by atoms with van der Waals surface area (Å²) >= 11 is 0. The first kappa shape index (κ1) is 17.8. The average molecular weight is 340 g/mol. The quantitative estimate of drug-likeness (QED) is 0.840. The molecule has 0 aliphatic carbocycles. The van der Waals surface area contributed by atoms with Crippen LogP contribution in [0.15, 0.2) is 35.9 Å². The average Bonchev–Trinajstić information content (AvgIpc) is 3.06. The van der Waals surface area contributed by atoms with Crippen LogP contribution in [0.1, 0.15) is 40.2 Å². The lowest BCUT2D eigenvalue weighted by Crippen LogP contribution is -2.41. The highest BCUT2D eigenvalue weighted by Crippen LogP contribution is 2.39. The van der Waals surface area contributed by atoms with Gasteiger partial charge in [-0.15, -0.1) is 0 Å². The van der Waals surface area contributed by atoms with E-state index in [1.165, 1.54) is 6.92 Å². The summed E-state index contributed by atoms with van der Waals surface area (Å²) in [5.41, 5.74) is 2.18. The zero-order valence-electron chi connectivity index (χ0n) is 15.5. The number of amides is 1. The molecule has 1 fully saturated rings. The van der Waals surface area contributed by atoms with Crippen molar-refractivity contribution in [2.45, 2.75) is 45.8 Å². The standard InChI is InChI=1S/C19H25BN2O3/c1-13(23)22-12-15(20-24-18(2,3)19(4,5)25-20)11-14-7-6-8-17-16(14)9-10-21-17/h6-11,21H,12H2,1-5H3,(H,22,23). The maximum Gasteiger partial charge on any atom is 0.492 e. The molecule has 2 aromatic rings. The third-order valence-electron chi connectivity index (χ3n) is 5.07. The van der Waals surface area contributed by atoms with Gasteiger partial charge in [0.25, 0.3) is 0 Å². The number of hydrogen-bond acceptors (Lipinski definition) is 3. The number of benzene rings is 1. The summed E-state index contributed by atoms with van der Waals surface area (Å²) in [4.78, 5) is 14.6. The van der Waals surface area contributed by atoms with Crippen LogP contribution in [0.25, 0.3) is 17.0 Å².